The maximum atomic E-state index is 5.47. The molecule has 320 valence electrons. The van der Waals surface area contributed by atoms with Crippen molar-refractivity contribution >= 4 is 55.3 Å². The highest BCUT2D eigenvalue weighted by atomic mass is 15.2. The van der Waals surface area contributed by atoms with Crippen LogP contribution in [0.25, 0.3) is 88.4 Å². The van der Waals surface area contributed by atoms with Gasteiger partial charge in [0, 0.05) is 43.8 Å². The van der Waals surface area contributed by atoms with E-state index in [1.54, 1.807) is 0 Å². The number of nitrogens with one attached hydrogen (secondary N) is 1. The monoisotopic (exact) mass is 869 g/mol. The van der Waals surface area contributed by atoms with Gasteiger partial charge in [-0.25, -0.2) is 9.98 Å². The molecule has 5 nitrogen and oxygen atoms in total. The Kier molecular flexibility index (Phi) is 9.50. The lowest BCUT2D eigenvalue weighted by atomic mass is 9.96. The molecule has 0 saturated carbocycles. The lowest BCUT2D eigenvalue weighted by Gasteiger charge is -2.25. The average Bonchev–Trinajstić information content (AvgIpc) is 3.94. The minimum Gasteiger partial charge on any atom is -0.344 e. The second kappa shape index (κ2) is 16.4. The highest BCUT2D eigenvalue weighted by Crippen LogP contribution is 2.40. The van der Waals surface area contributed by atoms with Crippen LogP contribution in [0.2, 0.25) is 0 Å². The quantitative estimate of drug-likeness (QED) is 0.162. The van der Waals surface area contributed by atoms with E-state index in [4.69, 9.17) is 9.98 Å². The molecule has 0 radical (unpaired) electrons. The van der Waals surface area contributed by atoms with E-state index < -0.39 is 0 Å². The lowest BCUT2D eigenvalue weighted by Crippen LogP contribution is -2.33. The van der Waals surface area contributed by atoms with Gasteiger partial charge in [0.1, 0.15) is 12.0 Å². The maximum absolute atomic E-state index is 5.47. The molecular formula is C63H43N5. The van der Waals surface area contributed by atoms with E-state index in [1.807, 2.05) is 0 Å². The first kappa shape index (κ1) is 39.3. The van der Waals surface area contributed by atoms with Crippen LogP contribution in [0.3, 0.4) is 0 Å². The van der Waals surface area contributed by atoms with E-state index >= 15 is 0 Å². The third-order valence-corrected chi connectivity index (χ3v) is 13.4. The summed E-state index contributed by atoms with van der Waals surface area (Å²) in [7, 11) is 0. The van der Waals surface area contributed by atoms with Gasteiger partial charge in [-0.1, -0.05) is 194 Å². The Hall–Kier alpha value is -9.06. The lowest BCUT2D eigenvalue weighted by molar-refractivity contribution is 0.674. The number of nitrogens with zero attached hydrogens (tertiary/aromatic N) is 4. The molecule has 1 atom stereocenters. The molecule has 10 aromatic carbocycles. The number of amidine groups is 2. The largest absolute Gasteiger partial charge is 0.344 e. The van der Waals surface area contributed by atoms with Crippen LogP contribution >= 0.6 is 0 Å². The summed E-state index contributed by atoms with van der Waals surface area (Å²) in [5.41, 5.74) is 16.6. The fourth-order valence-electron chi connectivity index (χ4n) is 10.2. The number of hydrogen-bond donors (Lipinski definition) is 1. The van der Waals surface area contributed by atoms with Crippen molar-refractivity contribution < 1.29 is 0 Å². The number of rotatable bonds is 8. The first-order valence-electron chi connectivity index (χ1n) is 23.2. The van der Waals surface area contributed by atoms with Gasteiger partial charge in [0.25, 0.3) is 0 Å². The molecule has 2 aromatic heterocycles. The van der Waals surface area contributed by atoms with Crippen molar-refractivity contribution in [2.45, 2.75) is 6.17 Å². The van der Waals surface area contributed by atoms with Gasteiger partial charge in [0.2, 0.25) is 0 Å². The molecule has 13 rings (SSSR count). The molecule has 1 unspecified atom stereocenters. The van der Waals surface area contributed by atoms with Crippen molar-refractivity contribution in [1.82, 2.24) is 14.5 Å². The highest BCUT2D eigenvalue weighted by Gasteiger charge is 2.25. The Morgan fingerprint density at radius 1 is 0.324 bits per heavy atom. The molecule has 3 heterocycles. The molecule has 68 heavy (non-hydrogen) atoms. The van der Waals surface area contributed by atoms with Gasteiger partial charge < -0.3 is 14.5 Å². The zero-order chi connectivity index (χ0) is 45.0. The zero-order valence-corrected chi connectivity index (χ0v) is 37.0. The molecule has 1 N–H and O–H groups in total. The van der Waals surface area contributed by atoms with Crippen LogP contribution in [0.15, 0.2) is 259 Å². The topological polar surface area (TPSA) is 46.6 Å². The summed E-state index contributed by atoms with van der Waals surface area (Å²) >= 11 is 0. The second-order valence-corrected chi connectivity index (χ2v) is 17.4. The molecule has 1 aliphatic heterocycles. The summed E-state index contributed by atoms with van der Waals surface area (Å²) in [6.07, 6.45) is -0.380. The molecular weight excluding hydrogens is 827 g/mol. The van der Waals surface area contributed by atoms with Crippen LogP contribution < -0.4 is 5.32 Å². The number of hydrogen-bond acceptors (Lipinski definition) is 3. The van der Waals surface area contributed by atoms with Crippen molar-refractivity contribution in [1.29, 1.82) is 0 Å². The van der Waals surface area contributed by atoms with Crippen molar-refractivity contribution in [3.63, 3.8) is 0 Å². The van der Waals surface area contributed by atoms with Crippen molar-refractivity contribution in [3.05, 3.63) is 265 Å². The summed E-state index contributed by atoms with van der Waals surface area (Å²) in [4.78, 5) is 10.9. The smallest absolute Gasteiger partial charge is 0.159 e. The van der Waals surface area contributed by atoms with E-state index in [0.29, 0.717) is 5.84 Å². The Bertz CT molecular complexity index is 3830. The number of aromatic nitrogens is 2. The zero-order valence-electron chi connectivity index (χ0n) is 37.0. The summed E-state index contributed by atoms with van der Waals surface area (Å²) in [6.45, 7) is 0. The summed E-state index contributed by atoms with van der Waals surface area (Å²) in [5, 5.41) is 8.67. The van der Waals surface area contributed by atoms with E-state index in [0.717, 1.165) is 78.2 Å². The molecule has 5 heteroatoms. The number of para-hydroxylation sites is 4. The van der Waals surface area contributed by atoms with Crippen molar-refractivity contribution in [3.8, 4) is 44.8 Å². The first-order chi connectivity index (χ1) is 33.7. The Morgan fingerprint density at radius 3 is 1.41 bits per heavy atom. The summed E-state index contributed by atoms with van der Waals surface area (Å²) in [6, 6.07) is 88.9. The van der Waals surface area contributed by atoms with Crippen LogP contribution in [0.5, 0.6) is 0 Å². The Morgan fingerprint density at radius 2 is 0.809 bits per heavy atom. The predicted octanol–water partition coefficient (Wildman–Crippen LogP) is 15.4. The minimum atomic E-state index is -0.380. The van der Waals surface area contributed by atoms with Gasteiger partial charge >= 0.3 is 0 Å². The molecule has 0 aliphatic carbocycles. The van der Waals surface area contributed by atoms with Crippen molar-refractivity contribution in [2.75, 3.05) is 0 Å². The van der Waals surface area contributed by atoms with Gasteiger partial charge in [-0.3, -0.25) is 0 Å². The van der Waals surface area contributed by atoms with E-state index in [9.17, 15) is 0 Å². The molecule has 0 amide bonds. The van der Waals surface area contributed by atoms with Crippen LogP contribution in [-0.4, -0.2) is 20.8 Å². The Balaban J connectivity index is 1.01. The van der Waals surface area contributed by atoms with E-state index in [1.165, 1.54) is 32.7 Å². The number of benzene rings is 10. The van der Waals surface area contributed by atoms with E-state index in [-0.39, 0.29) is 6.17 Å². The predicted molar refractivity (Wildman–Crippen MR) is 283 cm³/mol. The standard InChI is InChI=1S/C63H43N5/c1-4-19-42(20-5-1)45-25-18-26-46(39-45)49-37-35-48(41-60(49)68-57-33-16-12-29-52(57)53-30-13-17-34-58(53)68)63-65-61(44-23-8-3-9-24-44)64-62(66-63)47-36-38-59(54(40-47)43-21-6-2-7-22-43)67-55-31-14-10-27-50(55)51-28-11-15-32-56(51)67/h1-41,61H,(H,64,65,66). The summed E-state index contributed by atoms with van der Waals surface area (Å²) in [5.74, 6) is 1.42. The van der Waals surface area contributed by atoms with Gasteiger partial charge in [-0.15, -0.1) is 0 Å². The van der Waals surface area contributed by atoms with Crippen LogP contribution in [0.4, 0.5) is 0 Å². The van der Waals surface area contributed by atoms with Gasteiger partial charge in [0.05, 0.1) is 33.4 Å². The SMILES string of the molecule is c1ccc(-c2cccc(-c3ccc(C4=NC(c5ccc(-n6c7ccccc7c7ccccc76)c(-c6ccccc6)c5)=NC(c5ccccc5)N4)cc3-n3c4ccccc4c4ccccc43)c2)cc1. The first-order valence-corrected chi connectivity index (χ1v) is 23.2. The van der Waals surface area contributed by atoms with Crippen LogP contribution in [0.1, 0.15) is 22.9 Å². The molecule has 0 bridgehead atoms. The fourth-order valence-corrected chi connectivity index (χ4v) is 10.2. The van der Waals surface area contributed by atoms with Gasteiger partial charge in [-0.2, -0.15) is 0 Å². The minimum absolute atomic E-state index is 0.380. The molecule has 12 aromatic rings. The maximum Gasteiger partial charge on any atom is 0.159 e. The van der Waals surface area contributed by atoms with Crippen LogP contribution in [0, 0.1) is 0 Å². The van der Waals surface area contributed by atoms with Crippen molar-refractivity contribution in [2.24, 2.45) is 9.98 Å². The van der Waals surface area contributed by atoms with E-state index in [2.05, 4.69) is 263 Å². The summed E-state index contributed by atoms with van der Waals surface area (Å²) < 4.78 is 4.82. The van der Waals surface area contributed by atoms with Gasteiger partial charge in [-0.05, 0) is 82.4 Å². The van der Waals surface area contributed by atoms with Gasteiger partial charge in [0.15, 0.2) is 5.84 Å². The molecule has 0 spiro atoms. The molecule has 0 fully saturated rings. The number of aliphatic imine (C=N–C) groups is 2. The highest BCUT2D eigenvalue weighted by molar-refractivity contribution is 6.15. The fraction of sp³-hybridized carbons (Fsp3) is 0.0159. The van der Waals surface area contributed by atoms with Crippen LogP contribution in [-0.2, 0) is 0 Å². The average molecular weight is 870 g/mol. The third kappa shape index (κ3) is 6.71. The molecule has 0 saturated heterocycles. The normalized spacial score (nSPS) is 13.7. The Labute approximate surface area is 394 Å². The molecule has 1 aliphatic rings. The second-order valence-electron chi connectivity index (χ2n) is 17.4. The number of fused-ring (bicyclic) bond motifs is 6. The third-order valence-electron chi connectivity index (χ3n) is 13.4.